The van der Waals surface area contributed by atoms with Crippen molar-refractivity contribution in [2.24, 2.45) is 0 Å². The summed E-state index contributed by atoms with van der Waals surface area (Å²) in [5, 5.41) is 4.63. The molecule has 0 radical (unpaired) electrons. The average Bonchev–Trinajstić information content (AvgIpc) is 2.38. The zero-order chi connectivity index (χ0) is 13.7. The van der Waals surface area contributed by atoms with Gasteiger partial charge < -0.3 is 10.1 Å². The van der Waals surface area contributed by atoms with E-state index in [1.165, 1.54) is 0 Å². The first-order chi connectivity index (χ1) is 9.19. The highest BCUT2D eigenvalue weighted by Gasteiger charge is 2.02. The lowest BCUT2D eigenvalue weighted by molar-refractivity contribution is 0.340. The Hall–Kier alpha value is -1.38. The molecule has 0 spiro atoms. The van der Waals surface area contributed by atoms with Crippen molar-refractivity contribution in [1.29, 1.82) is 0 Å². The summed E-state index contributed by atoms with van der Waals surface area (Å²) in [6.45, 7) is 3.27. The van der Waals surface area contributed by atoms with Crippen molar-refractivity contribution >= 4 is 28.9 Å². The largest absolute Gasteiger partial charge is 0.494 e. The van der Waals surface area contributed by atoms with Crippen molar-refractivity contribution in [3.8, 4) is 5.75 Å². The summed E-state index contributed by atoms with van der Waals surface area (Å²) in [4.78, 5) is 0. The Bertz CT molecular complexity index is 558. The molecule has 2 nitrogen and oxygen atoms in total. The summed E-state index contributed by atoms with van der Waals surface area (Å²) in [6, 6.07) is 13.3. The van der Waals surface area contributed by atoms with E-state index in [1.54, 1.807) is 6.07 Å². The molecule has 0 aromatic heterocycles. The molecule has 100 valence electrons. The SMILES string of the molecule is CCOc1cccc(NCc2ccc(Cl)cc2Cl)c1. The zero-order valence-corrected chi connectivity index (χ0v) is 12.1. The van der Waals surface area contributed by atoms with Crippen molar-refractivity contribution in [1.82, 2.24) is 0 Å². The summed E-state index contributed by atoms with van der Waals surface area (Å²) in [5.41, 5.74) is 2.00. The van der Waals surface area contributed by atoms with E-state index in [2.05, 4.69) is 5.32 Å². The monoisotopic (exact) mass is 295 g/mol. The van der Waals surface area contributed by atoms with E-state index in [1.807, 2.05) is 43.3 Å². The minimum absolute atomic E-state index is 0.644. The molecule has 4 heteroatoms. The van der Waals surface area contributed by atoms with E-state index in [-0.39, 0.29) is 0 Å². The van der Waals surface area contributed by atoms with Crippen LogP contribution in [0.4, 0.5) is 5.69 Å². The fourth-order valence-electron chi connectivity index (χ4n) is 1.72. The Balaban J connectivity index is 2.03. The van der Waals surface area contributed by atoms with Gasteiger partial charge in [0.05, 0.1) is 6.61 Å². The molecule has 2 aromatic rings. The standard InChI is InChI=1S/C15H15Cl2NO/c1-2-19-14-5-3-4-13(9-14)18-10-11-6-7-12(16)8-15(11)17/h3-9,18H,2,10H2,1H3. The van der Waals surface area contributed by atoms with Gasteiger partial charge in [-0.3, -0.25) is 0 Å². The van der Waals surface area contributed by atoms with Crippen LogP contribution in [0.15, 0.2) is 42.5 Å². The fraction of sp³-hybridized carbons (Fsp3) is 0.200. The molecule has 0 saturated heterocycles. The number of rotatable bonds is 5. The van der Waals surface area contributed by atoms with Gasteiger partial charge in [-0.1, -0.05) is 35.3 Å². The molecule has 2 rings (SSSR count). The van der Waals surface area contributed by atoms with Gasteiger partial charge in [-0.25, -0.2) is 0 Å². The first-order valence-corrected chi connectivity index (χ1v) is 6.85. The molecule has 2 aromatic carbocycles. The molecular formula is C15H15Cl2NO. The minimum atomic E-state index is 0.644. The number of hydrogen-bond acceptors (Lipinski definition) is 2. The maximum Gasteiger partial charge on any atom is 0.121 e. The second-order valence-electron chi connectivity index (χ2n) is 4.05. The van der Waals surface area contributed by atoms with Gasteiger partial charge in [0.1, 0.15) is 5.75 Å². The highest BCUT2D eigenvalue weighted by Crippen LogP contribution is 2.23. The molecule has 0 amide bonds. The van der Waals surface area contributed by atoms with Gasteiger partial charge >= 0.3 is 0 Å². The number of ether oxygens (including phenoxy) is 1. The third-order valence-electron chi connectivity index (χ3n) is 2.64. The van der Waals surface area contributed by atoms with Crippen LogP contribution in [0.5, 0.6) is 5.75 Å². The van der Waals surface area contributed by atoms with Gasteiger partial charge in [-0.05, 0) is 36.8 Å². The molecule has 0 atom stereocenters. The van der Waals surface area contributed by atoms with E-state index in [0.717, 1.165) is 17.0 Å². The van der Waals surface area contributed by atoms with Gasteiger partial charge in [0, 0.05) is 28.3 Å². The first-order valence-electron chi connectivity index (χ1n) is 6.09. The predicted octanol–water partition coefficient (Wildman–Crippen LogP) is 5.00. The molecule has 0 fully saturated rings. The Morgan fingerprint density at radius 3 is 2.68 bits per heavy atom. The lowest BCUT2D eigenvalue weighted by Gasteiger charge is -2.10. The van der Waals surface area contributed by atoms with E-state index in [9.17, 15) is 0 Å². The molecule has 19 heavy (non-hydrogen) atoms. The topological polar surface area (TPSA) is 21.3 Å². The Labute approximate surface area is 123 Å². The van der Waals surface area contributed by atoms with Crippen molar-refractivity contribution < 1.29 is 4.74 Å². The van der Waals surface area contributed by atoms with Gasteiger partial charge in [-0.15, -0.1) is 0 Å². The Morgan fingerprint density at radius 1 is 1.11 bits per heavy atom. The summed E-state index contributed by atoms with van der Waals surface area (Å²) in [7, 11) is 0. The predicted molar refractivity (Wildman–Crippen MR) is 81.4 cm³/mol. The fourth-order valence-corrected chi connectivity index (χ4v) is 2.20. The van der Waals surface area contributed by atoms with E-state index < -0.39 is 0 Å². The molecule has 1 N–H and O–H groups in total. The third-order valence-corrected chi connectivity index (χ3v) is 3.23. The molecule has 0 unspecified atom stereocenters. The van der Waals surface area contributed by atoms with Crippen LogP contribution in [0.3, 0.4) is 0 Å². The van der Waals surface area contributed by atoms with Gasteiger partial charge in [-0.2, -0.15) is 0 Å². The van der Waals surface area contributed by atoms with Crippen LogP contribution < -0.4 is 10.1 Å². The molecule has 0 heterocycles. The molecule has 0 bridgehead atoms. The number of nitrogens with one attached hydrogen (secondary N) is 1. The van der Waals surface area contributed by atoms with Crippen LogP contribution >= 0.6 is 23.2 Å². The first kappa shape index (κ1) is 14.0. The lowest BCUT2D eigenvalue weighted by atomic mass is 10.2. The number of hydrogen-bond donors (Lipinski definition) is 1. The van der Waals surface area contributed by atoms with Gasteiger partial charge in [0.2, 0.25) is 0 Å². The quantitative estimate of drug-likeness (QED) is 0.838. The second kappa shape index (κ2) is 6.69. The third kappa shape index (κ3) is 4.05. The van der Waals surface area contributed by atoms with Gasteiger partial charge in [0.25, 0.3) is 0 Å². The molecular weight excluding hydrogens is 281 g/mol. The van der Waals surface area contributed by atoms with Crippen LogP contribution in [0.25, 0.3) is 0 Å². The zero-order valence-electron chi connectivity index (χ0n) is 10.6. The number of halogens is 2. The lowest BCUT2D eigenvalue weighted by Crippen LogP contribution is -2.00. The Kier molecular flexibility index (Phi) is 4.94. The van der Waals surface area contributed by atoms with Crippen LogP contribution in [0, 0.1) is 0 Å². The normalized spacial score (nSPS) is 10.3. The van der Waals surface area contributed by atoms with Crippen molar-refractivity contribution in [3.05, 3.63) is 58.1 Å². The molecule has 0 saturated carbocycles. The average molecular weight is 296 g/mol. The highest BCUT2D eigenvalue weighted by atomic mass is 35.5. The van der Waals surface area contributed by atoms with E-state index in [0.29, 0.717) is 23.2 Å². The Morgan fingerprint density at radius 2 is 1.95 bits per heavy atom. The maximum atomic E-state index is 6.13. The van der Waals surface area contributed by atoms with Gasteiger partial charge in [0.15, 0.2) is 0 Å². The van der Waals surface area contributed by atoms with Crippen LogP contribution in [0.1, 0.15) is 12.5 Å². The summed E-state index contributed by atoms with van der Waals surface area (Å²) < 4.78 is 5.45. The molecule has 0 aliphatic rings. The molecule has 0 aliphatic heterocycles. The smallest absolute Gasteiger partial charge is 0.121 e. The van der Waals surface area contributed by atoms with E-state index in [4.69, 9.17) is 27.9 Å². The van der Waals surface area contributed by atoms with Crippen molar-refractivity contribution in [2.45, 2.75) is 13.5 Å². The second-order valence-corrected chi connectivity index (χ2v) is 4.89. The summed E-state index contributed by atoms with van der Waals surface area (Å²) in [5.74, 6) is 0.856. The highest BCUT2D eigenvalue weighted by molar-refractivity contribution is 6.35. The van der Waals surface area contributed by atoms with Crippen LogP contribution in [0.2, 0.25) is 10.0 Å². The maximum absolute atomic E-state index is 6.13. The number of benzene rings is 2. The summed E-state index contributed by atoms with van der Waals surface area (Å²) >= 11 is 12.0. The number of anilines is 1. The van der Waals surface area contributed by atoms with Crippen LogP contribution in [-0.4, -0.2) is 6.61 Å². The summed E-state index contributed by atoms with van der Waals surface area (Å²) in [6.07, 6.45) is 0. The molecule has 0 aliphatic carbocycles. The van der Waals surface area contributed by atoms with Crippen LogP contribution in [-0.2, 0) is 6.54 Å². The minimum Gasteiger partial charge on any atom is -0.494 e. The van der Waals surface area contributed by atoms with Crippen molar-refractivity contribution in [2.75, 3.05) is 11.9 Å². The van der Waals surface area contributed by atoms with Crippen molar-refractivity contribution in [3.63, 3.8) is 0 Å². The van der Waals surface area contributed by atoms with E-state index >= 15 is 0 Å².